The van der Waals surface area contributed by atoms with Gasteiger partial charge >= 0.3 is 0 Å². The van der Waals surface area contributed by atoms with E-state index in [0.29, 0.717) is 0 Å². The number of benzene rings is 1. The predicted molar refractivity (Wildman–Crippen MR) is 59.2 cm³/mol. The van der Waals surface area contributed by atoms with Crippen molar-refractivity contribution < 1.29 is 9.84 Å². The molecule has 15 heavy (non-hydrogen) atoms. The van der Waals surface area contributed by atoms with Gasteiger partial charge in [-0.2, -0.15) is 0 Å². The molecule has 0 spiro atoms. The van der Waals surface area contributed by atoms with Crippen LogP contribution in [0.4, 0.5) is 0 Å². The molecular weight excluding hydrogens is 210 g/mol. The molecular formula is C11H11NO2S. The minimum Gasteiger partial charge on any atom is -0.497 e. The molecule has 3 nitrogen and oxygen atoms in total. The Labute approximate surface area is 92.0 Å². The molecule has 0 fully saturated rings. The van der Waals surface area contributed by atoms with Crippen molar-refractivity contribution >= 4 is 11.3 Å². The van der Waals surface area contributed by atoms with Crippen molar-refractivity contribution in [3.05, 3.63) is 46.4 Å². The van der Waals surface area contributed by atoms with Crippen LogP contribution in [0.5, 0.6) is 5.75 Å². The second kappa shape index (κ2) is 4.42. The summed E-state index contributed by atoms with van der Waals surface area (Å²) >= 11 is 1.44. The summed E-state index contributed by atoms with van der Waals surface area (Å²) in [5.41, 5.74) is 2.53. The quantitative estimate of drug-likeness (QED) is 0.864. The lowest BCUT2D eigenvalue weighted by Gasteiger charge is -2.09. The smallest absolute Gasteiger partial charge is 0.119 e. The summed E-state index contributed by atoms with van der Waals surface area (Å²) in [7, 11) is 1.61. The molecule has 0 saturated heterocycles. The zero-order valence-electron chi connectivity index (χ0n) is 8.25. The normalized spacial score (nSPS) is 12.4. The van der Waals surface area contributed by atoms with Crippen molar-refractivity contribution in [2.24, 2.45) is 0 Å². The number of aliphatic hydroxyl groups is 1. The van der Waals surface area contributed by atoms with Gasteiger partial charge in [0, 0.05) is 6.20 Å². The molecule has 1 atom stereocenters. The van der Waals surface area contributed by atoms with E-state index >= 15 is 0 Å². The first-order chi connectivity index (χ1) is 7.31. The number of nitrogens with zero attached hydrogens (tertiary/aromatic N) is 1. The summed E-state index contributed by atoms with van der Waals surface area (Å²) in [4.78, 5) is 4.77. The highest BCUT2D eigenvalue weighted by molar-refractivity contribution is 7.09. The van der Waals surface area contributed by atoms with Crippen molar-refractivity contribution in [3.63, 3.8) is 0 Å². The van der Waals surface area contributed by atoms with E-state index in [1.54, 1.807) is 18.8 Å². The monoisotopic (exact) mass is 221 g/mol. The van der Waals surface area contributed by atoms with E-state index in [2.05, 4.69) is 4.98 Å². The van der Waals surface area contributed by atoms with Crippen molar-refractivity contribution in [1.29, 1.82) is 0 Å². The molecule has 1 heterocycles. The Kier molecular flexibility index (Phi) is 2.99. The van der Waals surface area contributed by atoms with E-state index in [9.17, 15) is 5.11 Å². The van der Waals surface area contributed by atoms with E-state index < -0.39 is 6.10 Å². The highest BCUT2D eigenvalue weighted by atomic mass is 32.1. The molecule has 0 amide bonds. The fourth-order valence-corrected chi connectivity index (χ4v) is 1.97. The summed E-state index contributed by atoms with van der Waals surface area (Å²) in [5, 5.41) is 10.0. The van der Waals surface area contributed by atoms with Gasteiger partial charge in [-0.3, -0.25) is 4.98 Å². The first-order valence-electron chi connectivity index (χ1n) is 4.51. The molecule has 1 N–H and O–H groups in total. The Hall–Kier alpha value is -1.39. The minimum atomic E-state index is -0.618. The van der Waals surface area contributed by atoms with Gasteiger partial charge in [0.25, 0.3) is 0 Å². The first kappa shape index (κ1) is 10.1. The molecule has 1 aromatic carbocycles. The van der Waals surface area contributed by atoms with Crippen molar-refractivity contribution in [2.45, 2.75) is 6.10 Å². The van der Waals surface area contributed by atoms with Gasteiger partial charge in [0.2, 0.25) is 0 Å². The van der Waals surface area contributed by atoms with Crippen LogP contribution in [-0.4, -0.2) is 17.2 Å². The Morgan fingerprint density at radius 2 is 2.33 bits per heavy atom. The van der Waals surface area contributed by atoms with Crippen molar-refractivity contribution in [2.75, 3.05) is 7.11 Å². The molecule has 0 saturated carbocycles. The lowest BCUT2D eigenvalue weighted by molar-refractivity contribution is 0.223. The van der Waals surface area contributed by atoms with Crippen LogP contribution in [0.25, 0.3) is 0 Å². The Morgan fingerprint density at radius 3 is 3.00 bits per heavy atom. The van der Waals surface area contributed by atoms with Gasteiger partial charge in [0.1, 0.15) is 11.9 Å². The van der Waals surface area contributed by atoms with Gasteiger partial charge in [-0.25, -0.2) is 0 Å². The van der Waals surface area contributed by atoms with Crippen LogP contribution in [-0.2, 0) is 0 Å². The number of rotatable bonds is 3. The predicted octanol–water partition coefficient (Wildman–Crippen LogP) is 2.23. The van der Waals surface area contributed by atoms with Crippen LogP contribution in [0.3, 0.4) is 0 Å². The summed E-state index contributed by atoms with van der Waals surface area (Å²) in [6, 6.07) is 7.40. The van der Waals surface area contributed by atoms with Crippen LogP contribution in [0.1, 0.15) is 16.5 Å². The summed E-state index contributed by atoms with van der Waals surface area (Å²) in [6.07, 6.45) is 1.06. The van der Waals surface area contributed by atoms with Crippen LogP contribution in [0.2, 0.25) is 0 Å². The molecule has 2 rings (SSSR count). The van der Waals surface area contributed by atoms with E-state index in [1.807, 2.05) is 24.3 Å². The maximum Gasteiger partial charge on any atom is 0.119 e. The van der Waals surface area contributed by atoms with Crippen LogP contribution < -0.4 is 4.74 Å². The van der Waals surface area contributed by atoms with Crippen LogP contribution in [0.15, 0.2) is 36.0 Å². The van der Waals surface area contributed by atoms with Gasteiger partial charge in [0.15, 0.2) is 0 Å². The number of thiazole rings is 1. The molecule has 0 aliphatic carbocycles. The topological polar surface area (TPSA) is 42.4 Å². The van der Waals surface area contributed by atoms with Gasteiger partial charge in [-0.05, 0) is 17.7 Å². The first-order valence-corrected chi connectivity index (χ1v) is 5.39. The molecule has 2 aromatic rings. The number of ether oxygens (including phenoxy) is 1. The summed E-state index contributed by atoms with van der Waals surface area (Å²) in [6.45, 7) is 0. The molecule has 0 aliphatic heterocycles. The van der Waals surface area contributed by atoms with Crippen LogP contribution >= 0.6 is 11.3 Å². The van der Waals surface area contributed by atoms with Crippen molar-refractivity contribution in [3.8, 4) is 5.75 Å². The zero-order valence-corrected chi connectivity index (χ0v) is 9.07. The minimum absolute atomic E-state index is 0.618. The Morgan fingerprint density at radius 1 is 1.47 bits per heavy atom. The summed E-state index contributed by atoms with van der Waals surface area (Å²) < 4.78 is 5.10. The lowest BCUT2D eigenvalue weighted by Crippen LogP contribution is -1.97. The molecule has 0 bridgehead atoms. The standard InChI is InChI=1S/C11H11NO2S/c1-14-9-4-2-3-8(5-9)11(13)10-6-12-7-15-10/h2-7,11,13H,1H3. The van der Waals surface area contributed by atoms with E-state index in [1.165, 1.54) is 11.3 Å². The highest BCUT2D eigenvalue weighted by Crippen LogP contribution is 2.26. The van der Waals surface area contributed by atoms with E-state index in [-0.39, 0.29) is 0 Å². The molecule has 1 aromatic heterocycles. The number of hydrogen-bond donors (Lipinski definition) is 1. The molecule has 0 radical (unpaired) electrons. The van der Waals surface area contributed by atoms with Gasteiger partial charge < -0.3 is 9.84 Å². The largest absolute Gasteiger partial charge is 0.497 e. The van der Waals surface area contributed by atoms with Crippen LogP contribution in [0, 0.1) is 0 Å². The van der Waals surface area contributed by atoms with E-state index in [4.69, 9.17) is 4.74 Å². The fraction of sp³-hybridized carbons (Fsp3) is 0.182. The average Bonchev–Trinajstić information content (AvgIpc) is 2.81. The van der Waals surface area contributed by atoms with E-state index in [0.717, 1.165) is 16.2 Å². The van der Waals surface area contributed by atoms with Gasteiger partial charge in [0.05, 0.1) is 17.5 Å². The van der Waals surface area contributed by atoms with Gasteiger partial charge in [-0.15, -0.1) is 11.3 Å². The molecule has 0 aliphatic rings. The molecule has 78 valence electrons. The number of aliphatic hydroxyl groups excluding tert-OH is 1. The molecule has 4 heteroatoms. The Balaban J connectivity index is 2.29. The third-order valence-corrected chi connectivity index (χ3v) is 2.96. The number of aromatic nitrogens is 1. The second-order valence-electron chi connectivity index (χ2n) is 3.08. The maximum atomic E-state index is 10.0. The lowest BCUT2D eigenvalue weighted by atomic mass is 10.1. The number of hydrogen-bond acceptors (Lipinski definition) is 4. The second-order valence-corrected chi connectivity index (χ2v) is 4.00. The average molecular weight is 221 g/mol. The SMILES string of the molecule is COc1cccc(C(O)c2cncs2)c1. The highest BCUT2D eigenvalue weighted by Gasteiger charge is 2.12. The summed E-state index contributed by atoms with van der Waals surface area (Å²) in [5.74, 6) is 0.746. The third-order valence-electron chi connectivity index (χ3n) is 2.13. The number of methoxy groups -OCH3 is 1. The molecule has 1 unspecified atom stereocenters. The van der Waals surface area contributed by atoms with Crippen molar-refractivity contribution in [1.82, 2.24) is 4.98 Å². The maximum absolute atomic E-state index is 10.0. The van der Waals surface area contributed by atoms with Gasteiger partial charge in [-0.1, -0.05) is 12.1 Å². The zero-order chi connectivity index (χ0) is 10.7. The third kappa shape index (κ3) is 2.16. The fourth-order valence-electron chi connectivity index (χ4n) is 1.34. The Bertz CT molecular complexity index is 428.